The largest absolute Gasteiger partial charge is 0.465 e. The Morgan fingerprint density at radius 2 is 1.42 bits per heavy atom. The highest BCUT2D eigenvalue weighted by molar-refractivity contribution is 5.87. The number of carbonyl (C=O) groups excluding carboxylic acids is 5. The number of alkyl halides is 6. The minimum atomic E-state index is -4.78. The molecule has 8 saturated carbocycles. The van der Waals surface area contributed by atoms with E-state index in [0.29, 0.717) is 57.5 Å². The first-order valence-corrected chi connectivity index (χ1v) is 23.8. The van der Waals surface area contributed by atoms with Crippen LogP contribution in [0.5, 0.6) is 0 Å². The molecule has 11 aliphatic rings. The van der Waals surface area contributed by atoms with Crippen LogP contribution in [-0.4, -0.2) is 82.9 Å². The summed E-state index contributed by atoms with van der Waals surface area (Å²) in [6, 6.07) is 0. The van der Waals surface area contributed by atoms with Gasteiger partial charge in [0.25, 0.3) is 0 Å². The van der Waals surface area contributed by atoms with Crippen LogP contribution in [0.25, 0.3) is 0 Å². The predicted molar refractivity (Wildman–Crippen MR) is 217 cm³/mol. The third-order valence-corrected chi connectivity index (χ3v) is 18.0. The quantitative estimate of drug-likeness (QED) is 0.102. The number of carbonyl (C=O) groups is 5. The van der Waals surface area contributed by atoms with Crippen molar-refractivity contribution in [2.75, 3.05) is 6.61 Å². The molecule has 11 rings (SSSR count). The van der Waals surface area contributed by atoms with Gasteiger partial charge >= 0.3 is 42.2 Å². The number of halogens is 6. The summed E-state index contributed by atoms with van der Waals surface area (Å²) in [6.45, 7) is 6.96. The van der Waals surface area contributed by atoms with Crippen molar-refractivity contribution in [1.82, 2.24) is 0 Å². The molecular weight excluding hydrogens is 867 g/mol. The standard InChI is InChI=1S/C22H29F3O6.C16H23F3O3.C10H12O2/c1-4-20(3,22(23,24)25)19(28)30-16-12-10-11-13(17(26)29-15(11)16)14(12)18(27)31-21(5-2)8-6-7-9-21;1-3-13(2,16(17,18)19)12(20)22-15-7-10-4-11(8-15)6-14(21,5-10)9-15;11-9-5-10(6-12-9)4-7-1-2-8(10)3-7/h11-16H,4-10H2,1-3H3;10-11,21H,3-9H2,1-2H3;1-2,7-8H,3-6H2. The van der Waals surface area contributed by atoms with Crippen LogP contribution in [0.1, 0.15) is 144 Å². The van der Waals surface area contributed by atoms with E-state index in [2.05, 4.69) is 12.2 Å². The van der Waals surface area contributed by atoms with Gasteiger partial charge in [-0.3, -0.25) is 24.0 Å². The minimum absolute atomic E-state index is 0.0101. The molecule has 1 N–H and O–H groups in total. The van der Waals surface area contributed by atoms with E-state index >= 15 is 0 Å². The van der Waals surface area contributed by atoms with Crippen molar-refractivity contribution in [3.05, 3.63) is 12.2 Å². The Kier molecular flexibility index (Phi) is 12.1. The van der Waals surface area contributed by atoms with Gasteiger partial charge < -0.3 is 28.8 Å². The second kappa shape index (κ2) is 16.4. The molecule has 2 saturated heterocycles. The topological polar surface area (TPSA) is 152 Å². The lowest BCUT2D eigenvalue weighted by Crippen LogP contribution is -2.61. The number of fused-ring (bicyclic) bond motifs is 4. The number of allylic oxidation sites excluding steroid dienone is 2. The van der Waals surface area contributed by atoms with Gasteiger partial charge in [-0.2, -0.15) is 26.3 Å². The zero-order valence-corrected chi connectivity index (χ0v) is 38.0. The maximum Gasteiger partial charge on any atom is 0.404 e. The summed E-state index contributed by atoms with van der Waals surface area (Å²) < 4.78 is 107. The molecule has 0 amide bonds. The van der Waals surface area contributed by atoms with Crippen LogP contribution in [0.4, 0.5) is 26.3 Å². The van der Waals surface area contributed by atoms with E-state index in [4.69, 9.17) is 23.7 Å². The molecule has 8 bridgehead atoms. The lowest BCUT2D eigenvalue weighted by molar-refractivity contribution is -0.256. The molecule has 65 heavy (non-hydrogen) atoms. The summed E-state index contributed by atoms with van der Waals surface area (Å²) in [5.74, 6) is -4.19. The molecule has 10 fully saturated rings. The molecule has 0 radical (unpaired) electrons. The van der Waals surface area contributed by atoms with Gasteiger partial charge in [0.15, 0.2) is 10.8 Å². The van der Waals surface area contributed by atoms with Gasteiger partial charge in [-0.1, -0.05) is 32.9 Å². The van der Waals surface area contributed by atoms with Crippen molar-refractivity contribution in [2.45, 2.75) is 185 Å². The van der Waals surface area contributed by atoms with Crippen LogP contribution in [0.15, 0.2) is 12.2 Å². The molecule has 1 spiro atoms. The van der Waals surface area contributed by atoms with Crippen LogP contribution in [0.3, 0.4) is 0 Å². The number of esters is 5. The Morgan fingerprint density at radius 3 is 1.91 bits per heavy atom. The molecule has 17 heteroatoms. The third kappa shape index (κ3) is 8.18. The fourth-order valence-corrected chi connectivity index (χ4v) is 14.1. The van der Waals surface area contributed by atoms with E-state index in [0.717, 1.165) is 51.9 Å². The molecule has 2 heterocycles. The normalized spacial score (nSPS) is 41.5. The molecule has 364 valence electrons. The van der Waals surface area contributed by atoms with E-state index in [1.807, 2.05) is 6.92 Å². The average molecular weight is 931 g/mol. The number of hydrogen-bond donors (Lipinski definition) is 1. The molecule has 11 nitrogen and oxygen atoms in total. The minimum Gasteiger partial charge on any atom is -0.465 e. The van der Waals surface area contributed by atoms with Gasteiger partial charge in [0, 0.05) is 23.7 Å². The SMILES string of the molecule is CCC(C)(C(=O)OC12CC3CC(CC(O)(C3)C1)C2)C(F)(F)F.CCC1(OC(=O)C2C3CC4C(OC(=O)C42)C3OC(=O)C(C)(CC)C(F)(F)F)CCCC1.O=C1CC2(CO1)CC1C=CC2C1. The molecule has 0 aromatic rings. The van der Waals surface area contributed by atoms with Crippen LogP contribution in [0, 0.1) is 63.6 Å². The Hall–Kier alpha value is -3.37. The van der Waals surface area contributed by atoms with Crippen molar-refractivity contribution in [2.24, 2.45) is 63.6 Å². The number of rotatable bonds is 9. The first kappa shape index (κ1) is 48.1. The predicted octanol–water partition coefficient (Wildman–Crippen LogP) is 9.06. The average Bonchev–Trinajstić information content (AvgIpc) is 4.09. The van der Waals surface area contributed by atoms with Crippen LogP contribution < -0.4 is 0 Å². The number of aliphatic hydroxyl groups is 1. The Morgan fingerprint density at radius 1 is 0.800 bits per heavy atom. The van der Waals surface area contributed by atoms with Gasteiger partial charge in [0.2, 0.25) is 0 Å². The summed E-state index contributed by atoms with van der Waals surface area (Å²) >= 11 is 0. The second-order valence-corrected chi connectivity index (χ2v) is 22.1. The molecule has 13 atom stereocenters. The molecule has 0 aromatic carbocycles. The maximum absolute atomic E-state index is 13.5. The van der Waals surface area contributed by atoms with Crippen LogP contribution in [-0.2, 0) is 47.7 Å². The van der Waals surface area contributed by atoms with E-state index in [1.165, 1.54) is 26.7 Å². The van der Waals surface area contributed by atoms with Gasteiger partial charge in [0.1, 0.15) is 23.4 Å². The smallest absolute Gasteiger partial charge is 0.404 e. The first-order valence-electron chi connectivity index (χ1n) is 23.8. The third-order valence-electron chi connectivity index (χ3n) is 18.0. The number of cyclic esters (lactones) is 1. The first-order chi connectivity index (χ1) is 30.3. The van der Waals surface area contributed by atoms with Crippen LogP contribution in [0.2, 0.25) is 0 Å². The summed E-state index contributed by atoms with van der Waals surface area (Å²) in [5, 5.41) is 10.6. The Bertz CT molecular complexity index is 1930. The van der Waals surface area contributed by atoms with Gasteiger partial charge in [-0.15, -0.1) is 0 Å². The van der Waals surface area contributed by atoms with E-state index in [-0.39, 0.29) is 42.0 Å². The highest BCUT2D eigenvalue weighted by Gasteiger charge is 2.71. The van der Waals surface area contributed by atoms with Crippen molar-refractivity contribution in [1.29, 1.82) is 0 Å². The Labute approximate surface area is 375 Å². The van der Waals surface area contributed by atoms with Crippen molar-refractivity contribution in [3.8, 4) is 0 Å². The Balaban J connectivity index is 0.000000146. The monoisotopic (exact) mass is 930 g/mol. The molecule has 13 unspecified atom stereocenters. The van der Waals surface area contributed by atoms with Crippen molar-refractivity contribution in [3.63, 3.8) is 0 Å². The highest BCUT2D eigenvalue weighted by atomic mass is 19.4. The van der Waals surface area contributed by atoms with E-state index < -0.39 is 100 Å². The lowest BCUT2D eigenvalue weighted by atomic mass is 9.52. The van der Waals surface area contributed by atoms with E-state index in [1.54, 1.807) is 0 Å². The highest BCUT2D eigenvalue weighted by Crippen LogP contribution is 2.62. The summed E-state index contributed by atoms with van der Waals surface area (Å²) in [7, 11) is 0. The zero-order valence-electron chi connectivity index (χ0n) is 38.0. The molecular formula is C48H64F6O11. The summed E-state index contributed by atoms with van der Waals surface area (Å²) in [5.41, 5.74) is -7.22. The number of hydrogen-bond acceptors (Lipinski definition) is 11. The lowest BCUT2D eigenvalue weighted by Gasteiger charge is -2.59. The molecule has 9 aliphatic carbocycles. The van der Waals surface area contributed by atoms with Gasteiger partial charge in [-0.05, 0) is 134 Å². The van der Waals surface area contributed by atoms with E-state index in [9.17, 15) is 55.4 Å². The maximum atomic E-state index is 13.5. The van der Waals surface area contributed by atoms with Crippen LogP contribution >= 0.6 is 0 Å². The molecule has 0 aromatic heterocycles. The summed E-state index contributed by atoms with van der Waals surface area (Å²) in [6.07, 6.45) is 3.94. The van der Waals surface area contributed by atoms with Crippen molar-refractivity contribution >= 4 is 29.8 Å². The zero-order chi connectivity index (χ0) is 47.3. The second-order valence-electron chi connectivity index (χ2n) is 22.1. The van der Waals surface area contributed by atoms with Gasteiger partial charge in [-0.25, -0.2) is 0 Å². The van der Waals surface area contributed by atoms with Gasteiger partial charge in [0.05, 0.1) is 30.5 Å². The summed E-state index contributed by atoms with van der Waals surface area (Å²) in [4.78, 5) is 61.6. The molecule has 2 aliphatic heterocycles. The van der Waals surface area contributed by atoms with Crippen molar-refractivity contribution < 1.29 is 79.1 Å². The number of ether oxygens (including phenoxy) is 5. The fourth-order valence-electron chi connectivity index (χ4n) is 14.1. The fraction of sp³-hybridized carbons (Fsp3) is 0.854.